The molecule has 0 fully saturated rings. The highest BCUT2D eigenvalue weighted by Crippen LogP contribution is 2.20. The highest BCUT2D eigenvalue weighted by Gasteiger charge is 2.24. The summed E-state index contributed by atoms with van der Waals surface area (Å²) < 4.78 is 1.45. The van der Waals surface area contributed by atoms with Crippen LogP contribution in [0.5, 0.6) is 0 Å². The number of carboxylic acids is 1. The quantitative estimate of drug-likeness (QED) is 0.751. The van der Waals surface area contributed by atoms with Gasteiger partial charge in [-0.2, -0.15) is 0 Å². The van der Waals surface area contributed by atoms with Crippen LogP contribution in [-0.2, 0) is 11.3 Å². The summed E-state index contributed by atoms with van der Waals surface area (Å²) in [5.74, 6) is -1.02. The van der Waals surface area contributed by atoms with Crippen LogP contribution in [0.1, 0.15) is 36.5 Å². The first-order chi connectivity index (χ1) is 10.0. The monoisotopic (exact) mass is 311 g/mol. The van der Waals surface area contributed by atoms with Crippen molar-refractivity contribution in [2.24, 2.45) is 0 Å². The Morgan fingerprint density at radius 3 is 3.00 bits per heavy atom. The molecular formula is C13H17N3O4S. The maximum Gasteiger partial charge on any atom is 0.326 e. The van der Waals surface area contributed by atoms with Crippen LogP contribution >= 0.6 is 11.8 Å². The van der Waals surface area contributed by atoms with Gasteiger partial charge in [-0.3, -0.25) is 14.2 Å². The lowest BCUT2D eigenvalue weighted by Crippen LogP contribution is -2.43. The van der Waals surface area contributed by atoms with E-state index in [0.717, 1.165) is 12.2 Å². The SMILES string of the molecule is CCCCC(NC(=O)c1cnc2n(c1=O)CCS2)C(=O)O. The van der Waals surface area contributed by atoms with E-state index in [2.05, 4.69) is 10.3 Å². The maximum absolute atomic E-state index is 12.2. The molecule has 0 spiro atoms. The molecule has 7 nitrogen and oxygen atoms in total. The summed E-state index contributed by atoms with van der Waals surface area (Å²) in [6.45, 7) is 2.46. The molecule has 1 aromatic rings. The van der Waals surface area contributed by atoms with E-state index in [1.54, 1.807) is 0 Å². The van der Waals surface area contributed by atoms with Gasteiger partial charge in [0.05, 0.1) is 0 Å². The van der Waals surface area contributed by atoms with Gasteiger partial charge >= 0.3 is 5.97 Å². The van der Waals surface area contributed by atoms with Crippen molar-refractivity contribution < 1.29 is 14.7 Å². The first-order valence-corrected chi connectivity index (χ1v) is 7.79. The van der Waals surface area contributed by atoms with Crippen molar-refractivity contribution >= 4 is 23.6 Å². The highest BCUT2D eigenvalue weighted by atomic mass is 32.2. The van der Waals surface area contributed by atoms with Gasteiger partial charge < -0.3 is 10.4 Å². The minimum Gasteiger partial charge on any atom is -0.480 e. The lowest BCUT2D eigenvalue weighted by Gasteiger charge is -2.14. The summed E-state index contributed by atoms with van der Waals surface area (Å²) in [6.07, 6.45) is 3.09. The molecular weight excluding hydrogens is 294 g/mol. The van der Waals surface area contributed by atoms with E-state index in [4.69, 9.17) is 5.11 Å². The molecule has 1 aliphatic heterocycles. The Kier molecular flexibility index (Phi) is 5.00. The Balaban J connectivity index is 2.16. The topological polar surface area (TPSA) is 101 Å². The zero-order valence-electron chi connectivity index (χ0n) is 11.7. The number of hydrogen-bond donors (Lipinski definition) is 2. The molecule has 1 amide bonds. The third kappa shape index (κ3) is 3.44. The Bertz CT molecular complexity index is 614. The number of carbonyl (C=O) groups is 2. The number of nitrogens with zero attached hydrogens (tertiary/aromatic N) is 2. The van der Waals surface area contributed by atoms with Gasteiger partial charge in [0.25, 0.3) is 11.5 Å². The van der Waals surface area contributed by atoms with Gasteiger partial charge in [-0.1, -0.05) is 31.5 Å². The summed E-state index contributed by atoms with van der Waals surface area (Å²) in [5, 5.41) is 12.1. The molecule has 2 rings (SSSR count). The van der Waals surface area contributed by atoms with E-state index in [0.29, 0.717) is 24.5 Å². The Morgan fingerprint density at radius 2 is 2.33 bits per heavy atom. The van der Waals surface area contributed by atoms with Gasteiger partial charge in [-0.05, 0) is 6.42 Å². The predicted molar refractivity (Wildman–Crippen MR) is 77.6 cm³/mol. The fourth-order valence-corrected chi connectivity index (χ4v) is 2.99. The van der Waals surface area contributed by atoms with Gasteiger partial charge in [0.15, 0.2) is 5.16 Å². The van der Waals surface area contributed by atoms with Crippen molar-refractivity contribution in [2.45, 2.75) is 43.9 Å². The third-order valence-corrected chi connectivity index (χ3v) is 4.22. The molecule has 1 unspecified atom stereocenters. The van der Waals surface area contributed by atoms with Gasteiger partial charge in [0.1, 0.15) is 11.6 Å². The Labute approximate surface area is 125 Å². The lowest BCUT2D eigenvalue weighted by atomic mass is 10.1. The van der Waals surface area contributed by atoms with Gasteiger partial charge in [-0.15, -0.1) is 0 Å². The second kappa shape index (κ2) is 6.75. The number of aliphatic carboxylic acids is 1. The van der Waals surface area contributed by atoms with Crippen LogP contribution in [-0.4, -0.2) is 38.3 Å². The molecule has 2 N–H and O–H groups in total. The number of hydrogen-bond acceptors (Lipinski definition) is 5. The summed E-state index contributed by atoms with van der Waals surface area (Å²) in [7, 11) is 0. The average Bonchev–Trinajstić information content (AvgIpc) is 2.92. The molecule has 2 heterocycles. The summed E-state index contributed by atoms with van der Waals surface area (Å²) >= 11 is 1.46. The van der Waals surface area contributed by atoms with Crippen LogP contribution in [0.25, 0.3) is 0 Å². The van der Waals surface area contributed by atoms with Crippen LogP contribution in [0.15, 0.2) is 16.1 Å². The first kappa shape index (κ1) is 15.6. The molecule has 0 saturated carbocycles. The van der Waals surface area contributed by atoms with Crippen molar-refractivity contribution in [3.8, 4) is 0 Å². The van der Waals surface area contributed by atoms with Crippen molar-refractivity contribution in [2.75, 3.05) is 5.75 Å². The zero-order chi connectivity index (χ0) is 15.4. The standard InChI is InChI=1S/C13H17N3O4S/c1-2-3-4-9(12(19)20)15-10(17)8-7-14-13-16(11(8)18)5-6-21-13/h7,9H,2-6H2,1H3,(H,15,17)(H,19,20). The molecule has 21 heavy (non-hydrogen) atoms. The molecule has 114 valence electrons. The van der Waals surface area contributed by atoms with E-state index < -0.39 is 23.5 Å². The number of nitrogens with one attached hydrogen (secondary N) is 1. The number of unbranched alkanes of at least 4 members (excludes halogenated alkanes) is 1. The van der Waals surface area contributed by atoms with Crippen LogP contribution in [0.2, 0.25) is 0 Å². The summed E-state index contributed by atoms with van der Waals surface area (Å²) in [4.78, 5) is 39.5. The highest BCUT2D eigenvalue weighted by molar-refractivity contribution is 7.99. The number of fused-ring (bicyclic) bond motifs is 1. The molecule has 0 aromatic carbocycles. The largest absolute Gasteiger partial charge is 0.480 e. The van der Waals surface area contributed by atoms with Crippen LogP contribution in [0, 0.1) is 0 Å². The van der Waals surface area contributed by atoms with E-state index in [-0.39, 0.29) is 5.56 Å². The number of thioether (sulfide) groups is 1. The second-order valence-electron chi connectivity index (χ2n) is 4.77. The predicted octanol–water partition coefficient (Wildman–Crippen LogP) is 0.722. The van der Waals surface area contributed by atoms with Crippen molar-refractivity contribution in [1.82, 2.24) is 14.9 Å². The first-order valence-electron chi connectivity index (χ1n) is 6.81. The number of carbonyl (C=O) groups excluding carboxylic acids is 1. The van der Waals surface area contributed by atoms with Crippen molar-refractivity contribution in [3.05, 3.63) is 22.1 Å². The fraction of sp³-hybridized carbons (Fsp3) is 0.538. The zero-order valence-corrected chi connectivity index (χ0v) is 12.5. The molecule has 1 aliphatic rings. The van der Waals surface area contributed by atoms with Crippen LogP contribution in [0.4, 0.5) is 0 Å². The van der Waals surface area contributed by atoms with Crippen molar-refractivity contribution in [3.63, 3.8) is 0 Å². The number of rotatable bonds is 6. The van der Waals surface area contributed by atoms with Crippen molar-refractivity contribution in [1.29, 1.82) is 0 Å². The third-order valence-electron chi connectivity index (χ3n) is 3.25. The van der Waals surface area contributed by atoms with Gasteiger partial charge in [0.2, 0.25) is 0 Å². The molecule has 8 heteroatoms. The molecule has 0 bridgehead atoms. The Morgan fingerprint density at radius 1 is 1.57 bits per heavy atom. The van der Waals surface area contributed by atoms with Crippen LogP contribution < -0.4 is 10.9 Å². The van der Waals surface area contributed by atoms with Crippen LogP contribution in [0.3, 0.4) is 0 Å². The molecule has 0 aliphatic carbocycles. The fourth-order valence-electron chi connectivity index (χ4n) is 2.07. The Hall–Kier alpha value is -1.83. The molecule has 1 aromatic heterocycles. The summed E-state index contributed by atoms with van der Waals surface area (Å²) in [5.41, 5.74) is -0.522. The lowest BCUT2D eigenvalue weighted by molar-refractivity contribution is -0.139. The normalized spacial score (nSPS) is 14.5. The molecule has 0 radical (unpaired) electrons. The molecule has 0 saturated heterocycles. The van der Waals surface area contributed by atoms with E-state index >= 15 is 0 Å². The van der Waals surface area contributed by atoms with E-state index in [1.165, 1.54) is 22.5 Å². The second-order valence-corrected chi connectivity index (χ2v) is 5.83. The number of carboxylic acid groups (broad SMARTS) is 1. The van der Waals surface area contributed by atoms with Gasteiger partial charge in [-0.25, -0.2) is 9.78 Å². The smallest absolute Gasteiger partial charge is 0.326 e. The minimum absolute atomic E-state index is 0.107. The number of amides is 1. The average molecular weight is 311 g/mol. The molecule has 1 atom stereocenters. The maximum atomic E-state index is 12.2. The van der Waals surface area contributed by atoms with E-state index in [1.807, 2.05) is 6.92 Å². The summed E-state index contributed by atoms with van der Waals surface area (Å²) in [6, 6.07) is -0.982. The van der Waals surface area contributed by atoms with E-state index in [9.17, 15) is 14.4 Å². The van der Waals surface area contributed by atoms with Gasteiger partial charge in [0, 0.05) is 18.5 Å². The number of aromatic nitrogens is 2. The minimum atomic E-state index is -1.10.